The number of nitrogens with one attached hydrogen (secondary N) is 2. The molecular formula is C14H19ClN2O2. The van der Waals surface area contributed by atoms with Crippen molar-refractivity contribution in [2.24, 2.45) is 0 Å². The van der Waals surface area contributed by atoms with Gasteiger partial charge in [-0.15, -0.1) is 11.6 Å². The van der Waals surface area contributed by atoms with Crippen LogP contribution in [-0.4, -0.2) is 29.5 Å². The van der Waals surface area contributed by atoms with Crippen LogP contribution in [0.5, 0.6) is 0 Å². The Morgan fingerprint density at radius 1 is 1.53 bits per heavy atom. The average molecular weight is 283 g/mol. The lowest BCUT2D eigenvalue weighted by Crippen LogP contribution is -2.45. The molecule has 5 heteroatoms. The second kappa shape index (κ2) is 5.39. The van der Waals surface area contributed by atoms with Crippen molar-refractivity contribution in [3.8, 4) is 0 Å². The second-order valence-electron chi connectivity index (χ2n) is 5.33. The van der Waals surface area contributed by atoms with E-state index in [1.54, 1.807) is 0 Å². The second-order valence-corrected chi connectivity index (χ2v) is 5.64. The molecule has 2 rings (SSSR count). The molecule has 1 unspecified atom stereocenters. The molecule has 1 aromatic carbocycles. The standard InChI is InChI=1S/C14H19ClN2O2/c1-14(2)11-4-3-5-12(16-7-9(18)6-15)10(11)8-17-13(14)19/h3-5,9,16,18H,6-8H2,1-2H3,(H,17,19). The average Bonchev–Trinajstić information content (AvgIpc) is 2.40. The van der Waals surface area contributed by atoms with Crippen molar-refractivity contribution >= 4 is 23.2 Å². The molecule has 0 aromatic heterocycles. The Morgan fingerprint density at radius 3 is 2.95 bits per heavy atom. The molecule has 0 saturated carbocycles. The Labute approximate surface area is 118 Å². The van der Waals surface area contributed by atoms with Gasteiger partial charge in [0.2, 0.25) is 5.91 Å². The normalized spacial score (nSPS) is 18.4. The van der Waals surface area contributed by atoms with Gasteiger partial charge in [0.05, 0.1) is 17.4 Å². The summed E-state index contributed by atoms with van der Waals surface area (Å²) in [6, 6.07) is 5.86. The summed E-state index contributed by atoms with van der Waals surface area (Å²) in [4.78, 5) is 11.9. The molecule has 104 valence electrons. The van der Waals surface area contributed by atoms with Gasteiger partial charge < -0.3 is 15.7 Å². The maximum Gasteiger partial charge on any atom is 0.230 e. The molecule has 1 aliphatic rings. The lowest BCUT2D eigenvalue weighted by atomic mass is 9.78. The van der Waals surface area contributed by atoms with Crippen LogP contribution in [0.3, 0.4) is 0 Å². The van der Waals surface area contributed by atoms with Crippen LogP contribution in [-0.2, 0) is 16.8 Å². The summed E-state index contributed by atoms with van der Waals surface area (Å²) < 4.78 is 0. The van der Waals surface area contributed by atoms with Crippen molar-refractivity contribution in [2.75, 3.05) is 17.7 Å². The highest BCUT2D eigenvalue weighted by Gasteiger charge is 2.36. The molecule has 0 radical (unpaired) electrons. The number of amides is 1. The van der Waals surface area contributed by atoms with Crippen molar-refractivity contribution in [3.05, 3.63) is 29.3 Å². The van der Waals surface area contributed by atoms with Crippen LogP contribution >= 0.6 is 11.6 Å². The lowest BCUT2D eigenvalue weighted by molar-refractivity contribution is -0.126. The zero-order valence-electron chi connectivity index (χ0n) is 11.2. The Morgan fingerprint density at radius 2 is 2.26 bits per heavy atom. The smallest absolute Gasteiger partial charge is 0.230 e. The minimum Gasteiger partial charge on any atom is -0.390 e. The summed E-state index contributed by atoms with van der Waals surface area (Å²) in [5, 5.41) is 15.6. The van der Waals surface area contributed by atoms with Crippen LogP contribution in [0.2, 0.25) is 0 Å². The molecule has 19 heavy (non-hydrogen) atoms. The molecule has 1 heterocycles. The summed E-state index contributed by atoms with van der Waals surface area (Å²) in [6.07, 6.45) is -0.580. The van der Waals surface area contributed by atoms with Gasteiger partial charge >= 0.3 is 0 Å². The number of hydrogen-bond acceptors (Lipinski definition) is 3. The number of carbonyl (C=O) groups is 1. The third-order valence-corrected chi connectivity index (χ3v) is 3.91. The summed E-state index contributed by atoms with van der Waals surface area (Å²) in [5.74, 6) is 0.238. The highest BCUT2D eigenvalue weighted by Crippen LogP contribution is 2.34. The SMILES string of the molecule is CC1(C)C(=O)NCc2c(NCC(O)CCl)cccc21. The largest absolute Gasteiger partial charge is 0.390 e. The number of anilines is 1. The molecule has 0 spiro atoms. The summed E-state index contributed by atoms with van der Waals surface area (Å²) in [6.45, 7) is 4.74. The minimum absolute atomic E-state index is 0.0398. The fourth-order valence-corrected chi connectivity index (χ4v) is 2.43. The van der Waals surface area contributed by atoms with Crippen molar-refractivity contribution in [3.63, 3.8) is 0 Å². The number of benzene rings is 1. The van der Waals surface area contributed by atoms with Gasteiger partial charge in [-0.3, -0.25) is 4.79 Å². The Balaban J connectivity index is 2.29. The number of hydrogen-bond donors (Lipinski definition) is 3. The maximum absolute atomic E-state index is 11.9. The first-order valence-corrected chi connectivity index (χ1v) is 6.89. The molecule has 1 aliphatic heterocycles. The fourth-order valence-electron chi connectivity index (χ4n) is 2.32. The zero-order chi connectivity index (χ0) is 14.0. The van der Waals surface area contributed by atoms with E-state index >= 15 is 0 Å². The number of aliphatic hydroxyl groups excluding tert-OH is 1. The van der Waals surface area contributed by atoms with Crippen LogP contribution in [0, 0.1) is 0 Å². The van der Waals surface area contributed by atoms with Gasteiger partial charge in [0.25, 0.3) is 0 Å². The molecule has 0 aliphatic carbocycles. The van der Waals surface area contributed by atoms with Gasteiger partial charge in [-0.05, 0) is 31.0 Å². The zero-order valence-corrected chi connectivity index (χ0v) is 11.9. The summed E-state index contributed by atoms with van der Waals surface area (Å²) in [5.41, 5.74) is 2.52. The highest BCUT2D eigenvalue weighted by atomic mass is 35.5. The quantitative estimate of drug-likeness (QED) is 0.735. The fraction of sp³-hybridized carbons (Fsp3) is 0.500. The first kappa shape index (κ1) is 14.2. The van der Waals surface area contributed by atoms with Crippen LogP contribution < -0.4 is 10.6 Å². The van der Waals surface area contributed by atoms with E-state index in [0.29, 0.717) is 13.1 Å². The number of rotatable bonds is 4. The van der Waals surface area contributed by atoms with Crippen molar-refractivity contribution in [1.29, 1.82) is 0 Å². The number of fused-ring (bicyclic) bond motifs is 1. The van der Waals surface area contributed by atoms with E-state index in [-0.39, 0.29) is 11.8 Å². The van der Waals surface area contributed by atoms with Crippen LogP contribution in [0.15, 0.2) is 18.2 Å². The van der Waals surface area contributed by atoms with Crippen molar-refractivity contribution in [2.45, 2.75) is 31.9 Å². The molecule has 0 bridgehead atoms. The summed E-state index contributed by atoms with van der Waals surface area (Å²) in [7, 11) is 0. The van der Waals surface area contributed by atoms with Gasteiger partial charge in [-0.2, -0.15) is 0 Å². The van der Waals surface area contributed by atoms with Crippen molar-refractivity contribution in [1.82, 2.24) is 5.32 Å². The molecule has 4 nitrogen and oxygen atoms in total. The number of alkyl halides is 1. The molecule has 0 saturated heterocycles. The van der Waals surface area contributed by atoms with Crippen LogP contribution in [0.1, 0.15) is 25.0 Å². The van der Waals surface area contributed by atoms with E-state index in [1.165, 1.54) is 0 Å². The van der Waals surface area contributed by atoms with E-state index < -0.39 is 11.5 Å². The van der Waals surface area contributed by atoms with E-state index in [0.717, 1.165) is 16.8 Å². The Hall–Kier alpha value is -1.26. The number of carbonyl (C=O) groups excluding carboxylic acids is 1. The maximum atomic E-state index is 11.9. The predicted octanol–water partition coefficient (Wildman–Crippen LogP) is 1.61. The Kier molecular flexibility index (Phi) is 4.02. The number of aliphatic hydroxyl groups is 1. The van der Waals surface area contributed by atoms with Crippen molar-refractivity contribution < 1.29 is 9.90 Å². The topological polar surface area (TPSA) is 61.4 Å². The van der Waals surface area contributed by atoms with Gasteiger partial charge in [-0.25, -0.2) is 0 Å². The molecule has 1 amide bonds. The van der Waals surface area contributed by atoms with Crippen LogP contribution in [0.4, 0.5) is 5.69 Å². The molecule has 3 N–H and O–H groups in total. The predicted molar refractivity (Wildman–Crippen MR) is 76.5 cm³/mol. The van der Waals surface area contributed by atoms with Gasteiger partial charge in [0.1, 0.15) is 0 Å². The van der Waals surface area contributed by atoms with Gasteiger partial charge in [0.15, 0.2) is 0 Å². The van der Waals surface area contributed by atoms with E-state index in [2.05, 4.69) is 10.6 Å². The first-order valence-electron chi connectivity index (χ1n) is 6.35. The highest BCUT2D eigenvalue weighted by molar-refractivity contribution is 6.18. The van der Waals surface area contributed by atoms with E-state index in [9.17, 15) is 9.90 Å². The molecular weight excluding hydrogens is 264 g/mol. The Bertz CT molecular complexity index is 488. The monoisotopic (exact) mass is 282 g/mol. The molecule has 1 aromatic rings. The van der Waals surface area contributed by atoms with E-state index in [1.807, 2.05) is 32.0 Å². The third-order valence-electron chi connectivity index (χ3n) is 3.55. The van der Waals surface area contributed by atoms with Gasteiger partial charge in [0, 0.05) is 18.8 Å². The van der Waals surface area contributed by atoms with Crippen LogP contribution in [0.25, 0.3) is 0 Å². The van der Waals surface area contributed by atoms with E-state index in [4.69, 9.17) is 11.6 Å². The van der Waals surface area contributed by atoms with Gasteiger partial charge in [-0.1, -0.05) is 12.1 Å². The number of halogens is 1. The molecule has 1 atom stereocenters. The minimum atomic E-state index is -0.580. The molecule has 0 fully saturated rings. The summed E-state index contributed by atoms with van der Waals surface area (Å²) >= 11 is 5.58. The first-order chi connectivity index (χ1) is 8.96. The lowest BCUT2D eigenvalue weighted by Gasteiger charge is -2.33. The third kappa shape index (κ3) is 2.69.